The molecule has 2 fully saturated rings. The Bertz CT molecular complexity index is 1490. The molecule has 2 unspecified atom stereocenters. The Labute approximate surface area is 221 Å². The first kappa shape index (κ1) is 24.8. The average Bonchev–Trinajstić information content (AvgIpc) is 3.31. The minimum Gasteiger partial charge on any atom is -0.471 e. The Morgan fingerprint density at radius 2 is 1.71 bits per heavy atom. The van der Waals surface area contributed by atoms with Crippen molar-refractivity contribution in [3.63, 3.8) is 0 Å². The largest absolute Gasteiger partial charge is 0.471 e. The van der Waals surface area contributed by atoms with Crippen LogP contribution in [0.5, 0.6) is 5.88 Å². The number of morpholine rings is 1. The molecule has 2 atom stereocenters. The minimum atomic E-state index is -4.07. The molecule has 198 valence electrons. The summed E-state index contributed by atoms with van der Waals surface area (Å²) in [6.45, 7) is 7.50. The van der Waals surface area contributed by atoms with E-state index in [1.165, 1.54) is 12.1 Å². The van der Waals surface area contributed by atoms with Crippen LogP contribution in [0.1, 0.15) is 21.5 Å². The molecule has 10 nitrogen and oxygen atoms in total. The van der Waals surface area contributed by atoms with Crippen LogP contribution in [0.4, 0.5) is 5.95 Å². The predicted molar refractivity (Wildman–Crippen MR) is 141 cm³/mol. The molecule has 1 aromatic heterocycles. The van der Waals surface area contributed by atoms with Gasteiger partial charge in [0.1, 0.15) is 6.10 Å². The first-order chi connectivity index (χ1) is 18.3. The number of ether oxygens (including phenoxy) is 2. The van der Waals surface area contributed by atoms with Crippen molar-refractivity contribution in [2.45, 2.75) is 30.9 Å². The van der Waals surface area contributed by atoms with Gasteiger partial charge in [-0.2, -0.15) is 4.98 Å². The topological polar surface area (TPSA) is 114 Å². The van der Waals surface area contributed by atoms with E-state index in [0.717, 1.165) is 29.8 Å². The van der Waals surface area contributed by atoms with E-state index in [0.29, 0.717) is 37.6 Å². The lowest BCUT2D eigenvalue weighted by Crippen LogP contribution is -2.50. The van der Waals surface area contributed by atoms with E-state index in [1.54, 1.807) is 23.1 Å². The summed E-state index contributed by atoms with van der Waals surface area (Å²) in [5.41, 5.74) is 3.74. The summed E-state index contributed by atoms with van der Waals surface area (Å²) in [6.07, 6.45) is -0.369. The summed E-state index contributed by atoms with van der Waals surface area (Å²) >= 11 is 0. The second-order valence-electron chi connectivity index (χ2n) is 9.90. The van der Waals surface area contributed by atoms with Crippen LogP contribution in [0.25, 0.3) is 11.3 Å². The van der Waals surface area contributed by atoms with Gasteiger partial charge in [0.2, 0.25) is 11.8 Å². The second kappa shape index (κ2) is 9.64. The summed E-state index contributed by atoms with van der Waals surface area (Å²) in [4.78, 5) is 26.5. The van der Waals surface area contributed by atoms with Crippen molar-refractivity contribution in [2.24, 2.45) is 0 Å². The second-order valence-corrected chi connectivity index (χ2v) is 11.6. The molecule has 38 heavy (non-hydrogen) atoms. The number of rotatable bonds is 2. The molecule has 6 rings (SSSR count). The van der Waals surface area contributed by atoms with Gasteiger partial charge in [0.05, 0.1) is 36.4 Å². The molecule has 0 aliphatic carbocycles. The number of nitrogens with zero attached hydrogens (tertiary/aromatic N) is 4. The Balaban J connectivity index is 1.50. The lowest BCUT2D eigenvalue weighted by Gasteiger charge is -2.34. The highest BCUT2D eigenvalue weighted by Crippen LogP contribution is 2.32. The van der Waals surface area contributed by atoms with Gasteiger partial charge < -0.3 is 14.4 Å². The maximum atomic E-state index is 13.5. The number of hydrogen-bond donors (Lipinski definition) is 1. The number of amides is 1. The fraction of sp³-hybridized carbons (Fsp3) is 0.370. The van der Waals surface area contributed by atoms with Crippen LogP contribution in [-0.4, -0.2) is 85.6 Å². The molecule has 2 aromatic carbocycles. The highest BCUT2D eigenvalue weighted by Gasteiger charge is 2.41. The van der Waals surface area contributed by atoms with Gasteiger partial charge in [-0.15, -0.1) is 0 Å². The van der Waals surface area contributed by atoms with Crippen molar-refractivity contribution in [3.8, 4) is 17.1 Å². The molecule has 6 bridgehead atoms. The highest BCUT2D eigenvalue weighted by atomic mass is 32.2. The molecule has 0 radical (unpaired) electrons. The Morgan fingerprint density at radius 3 is 2.47 bits per heavy atom. The molecule has 4 heterocycles. The molecule has 11 heteroatoms. The van der Waals surface area contributed by atoms with E-state index in [2.05, 4.69) is 19.6 Å². The minimum absolute atomic E-state index is 0.0355. The lowest BCUT2D eigenvalue weighted by atomic mass is 10.00. The van der Waals surface area contributed by atoms with E-state index in [1.807, 2.05) is 32.0 Å². The molecular formula is C27H29N5O5S. The highest BCUT2D eigenvalue weighted by molar-refractivity contribution is 7.92. The maximum Gasteiger partial charge on any atom is 0.264 e. The third-order valence-corrected chi connectivity index (χ3v) is 8.69. The van der Waals surface area contributed by atoms with E-state index in [9.17, 15) is 13.2 Å². The van der Waals surface area contributed by atoms with Crippen LogP contribution in [0.2, 0.25) is 0 Å². The maximum absolute atomic E-state index is 13.5. The van der Waals surface area contributed by atoms with Crippen LogP contribution in [0.3, 0.4) is 0 Å². The number of carbonyl (C=O) groups excluding carboxylic acids is 1. The molecule has 0 saturated carbocycles. The van der Waals surface area contributed by atoms with E-state index >= 15 is 0 Å². The molecule has 3 aliphatic heterocycles. The summed E-state index contributed by atoms with van der Waals surface area (Å²) in [7, 11) is -4.07. The van der Waals surface area contributed by atoms with Gasteiger partial charge >= 0.3 is 0 Å². The van der Waals surface area contributed by atoms with Crippen molar-refractivity contribution in [3.05, 3.63) is 65.2 Å². The number of aromatic nitrogens is 2. The number of benzene rings is 2. The van der Waals surface area contributed by atoms with Crippen molar-refractivity contribution in [1.29, 1.82) is 0 Å². The smallest absolute Gasteiger partial charge is 0.264 e. The fourth-order valence-corrected chi connectivity index (χ4v) is 6.48. The van der Waals surface area contributed by atoms with Crippen molar-refractivity contribution in [1.82, 2.24) is 19.8 Å². The number of anilines is 1. The van der Waals surface area contributed by atoms with Crippen LogP contribution >= 0.6 is 0 Å². The SMILES string of the molecule is Cc1cccc(C)c1-c1cc2nc(n1)NS(=O)(=O)c1cccc(c1)C(=O)N1CC(O2)C(N2CCOCC2)C1. The molecular weight excluding hydrogens is 506 g/mol. The Kier molecular flexibility index (Phi) is 6.29. The first-order valence-corrected chi connectivity index (χ1v) is 14.1. The van der Waals surface area contributed by atoms with Gasteiger partial charge in [0, 0.05) is 36.8 Å². The summed E-state index contributed by atoms with van der Waals surface area (Å²) < 4.78 is 41.1. The number of hydrogen-bond acceptors (Lipinski definition) is 8. The van der Waals surface area contributed by atoms with E-state index in [-0.39, 0.29) is 34.8 Å². The van der Waals surface area contributed by atoms with Gasteiger partial charge in [-0.05, 0) is 43.2 Å². The summed E-state index contributed by atoms with van der Waals surface area (Å²) in [5.74, 6) is -0.0764. The Hall–Kier alpha value is -3.54. The van der Waals surface area contributed by atoms with Gasteiger partial charge in [0.25, 0.3) is 15.9 Å². The third-order valence-electron chi connectivity index (χ3n) is 7.37. The quantitative estimate of drug-likeness (QED) is 0.533. The number of fused-ring (bicyclic) bond motifs is 6. The van der Waals surface area contributed by atoms with Crippen LogP contribution in [0, 0.1) is 13.8 Å². The summed E-state index contributed by atoms with van der Waals surface area (Å²) in [6, 6.07) is 13.7. The van der Waals surface area contributed by atoms with Gasteiger partial charge in [-0.1, -0.05) is 24.3 Å². The zero-order chi connectivity index (χ0) is 26.4. The van der Waals surface area contributed by atoms with Crippen LogP contribution in [-0.2, 0) is 14.8 Å². The van der Waals surface area contributed by atoms with Gasteiger partial charge in [0.15, 0.2) is 0 Å². The lowest BCUT2D eigenvalue weighted by molar-refractivity contribution is -0.00208. The van der Waals surface area contributed by atoms with Crippen molar-refractivity contribution < 1.29 is 22.7 Å². The molecule has 0 spiro atoms. The predicted octanol–water partition coefficient (Wildman–Crippen LogP) is 2.48. The molecule has 3 aliphatic rings. The molecule has 3 aromatic rings. The van der Waals surface area contributed by atoms with Crippen LogP contribution < -0.4 is 9.46 Å². The fourth-order valence-electron chi connectivity index (χ4n) is 5.49. The first-order valence-electron chi connectivity index (χ1n) is 12.6. The average molecular weight is 536 g/mol. The van der Waals surface area contributed by atoms with E-state index in [4.69, 9.17) is 9.47 Å². The monoisotopic (exact) mass is 535 g/mol. The van der Waals surface area contributed by atoms with Crippen LogP contribution in [0.15, 0.2) is 53.4 Å². The van der Waals surface area contributed by atoms with Gasteiger partial charge in [-0.3, -0.25) is 9.69 Å². The van der Waals surface area contributed by atoms with Gasteiger partial charge in [-0.25, -0.2) is 18.1 Å². The molecule has 2 saturated heterocycles. The van der Waals surface area contributed by atoms with Crippen molar-refractivity contribution in [2.75, 3.05) is 44.1 Å². The Morgan fingerprint density at radius 1 is 0.974 bits per heavy atom. The zero-order valence-corrected chi connectivity index (χ0v) is 22.1. The molecule has 1 amide bonds. The summed E-state index contributed by atoms with van der Waals surface area (Å²) in [5, 5.41) is 0. The molecule has 1 N–H and O–H groups in total. The zero-order valence-electron chi connectivity index (χ0n) is 21.3. The standard InChI is InChI=1S/C27H29N5O5S/c1-17-5-3-6-18(2)25(17)21-14-24-29-27(28-21)30-38(34,35)20-8-4-7-19(13-20)26(33)32-15-22(23(16-32)37-24)31-9-11-36-12-10-31/h3-8,13-14,22-23H,9-12,15-16H2,1-2H3,(H,28,29,30). The number of sulfonamides is 1. The third kappa shape index (κ3) is 4.61. The number of aryl methyl sites for hydroxylation is 2. The van der Waals surface area contributed by atoms with E-state index < -0.39 is 10.0 Å². The normalized spacial score (nSPS) is 23.0. The number of nitrogens with one attached hydrogen (secondary N) is 1. The van der Waals surface area contributed by atoms with Crippen molar-refractivity contribution >= 4 is 21.9 Å². The number of carbonyl (C=O) groups is 1.